The van der Waals surface area contributed by atoms with Gasteiger partial charge >= 0.3 is 0 Å². The molecule has 2 aromatic heterocycles. The molecule has 1 aliphatic rings. The van der Waals surface area contributed by atoms with Crippen molar-refractivity contribution >= 4 is 43.9 Å². The largest absolute Gasteiger partial charge is 0.486 e. The summed E-state index contributed by atoms with van der Waals surface area (Å²) in [5.41, 5.74) is 2.79. The van der Waals surface area contributed by atoms with Gasteiger partial charge in [-0.3, -0.25) is 10.1 Å². The molecule has 1 aromatic carbocycles. The third-order valence-electron chi connectivity index (χ3n) is 2.94. The molecule has 1 N–H and O–H groups in total. The van der Waals surface area contributed by atoms with E-state index in [1.807, 2.05) is 12.1 Å². The van der Waals surface area contributed by atoms with Gasteiger partial charge in [0.25, 0.3) is 5.91 Å². The molecule has 0 radical (unpaired) electrons. The molecule has 0 fully saturated rings. The van der Waals surface area contributed by atoms with E-state index in [0.29, 0.717) is 29.8 Å². The molecule has 0 bridgehead atoms. The SMILES string of the molecule is O=C(Nc1nc2cc3c(cc2s1)OCCO3)c1cscn1. The molecule has 8 heteroatoms. The van der Waals surface area contributed by atoms with Crippen LogP contribution in [0.15, 0.2) is 23.0 Å². The van der Waals surface area contributed by atoms with Crippen LogP contribution in [0.1, 0.15) is 10.5 Å². The Bertz CT molecular complexity index is 771. The van der Waals surface area contributed by atoms with Crippen LogP contribution in [0.3, 0.4) is 0 Å². The smallest absolute Gasteiger partial charge is 0.276 e. The van der Waals surface area contributed by atoms with E-state index in [1.54, 1.807) is 10.9 Å². The highest BCUT2D eigenvalue weighted by atomic mass is 32.1. The van der Waals surface area contributed by atoms with Crippen LogP contribution in [0, 0.1) is 0 Å². The Kier molecular flexibility index (Phi) is 2.97. The molecule has 0 spiro atoms. The first-order valence-corrected chi connectivity index (χ1v) is 7.95. The molecule has 3 aromatic rings. The number of nitrogens with one attached hydrogen (secondary N) is 1. The van der Waals surface area contributed by atoms with Crippen molar-refractivity contribution < 1.29 is 14.3 Å². The number of aromatic nitrogens is 2. The average molecular weight is 319 g/mol. The van der Waals surface area contributed by atoms with Crippen LogP contribution in [0.2, 0.25) is 0 Å². The van der Waals surface area contributed by atoms with Gasteiger partial charge in [0.05, 0.1) is 15.7 Å². The van der Waals surface area contributed by atoms with Crippen LogP contribution in [0.25, 0.3) is 10.2 Å². The highest BCUT2D eigenvalue weighted by Gasteiger charge is 2.16. The highest BCUT2D eigenvalue weighted by molar-refractivity contribution is 7.22. The molecule has 0 saturated carbocycles. The molecule has 6 nitrogen and oxygen atoms in total. The zero-order chi connectivity index (χ0) is 14.2. The number of carbonyl (C=O) groups excluding carboxylic acids is 1. The molecule has 106 valence electrons. The fourth-order valence-electron chi connectivity index (χ4n) is 2.00. The van der Waals surface area contributed by atoms with E-state index in [-0.39, 0.29) is 5.91 Å². The Hall–Kier alpha value is -2.19. The molecule has 0 unspecified atom stereocenters. The number of fused-ring (bicyclic) bond motifs is 2. The number of hydrogen-bond donors (Lipinski definition) is 1. The van der Waals surface area contributed by atoms with Crippen LogP contribution in [0.4, 0.5) is 5.13 Å². The topological polar surface area (TPSA) is 73.3 Å². The van der Waals surface area contributed by atoms with Gasteiger partial charge in [-0.15, -0.1) is 11.3 Å². The van der Waals surface area contributed by atoms with Gasteiger partial charge in [-0.2, -0.15) is 0 Å². The first-order valence-electron chi connectivity index (χ1n) is 6.19. The van der Waals surface area contributed by atoms with Crippen LogP contribution in [0.5, 0.6) is 11.5 Å². The second kappa shape index (κ2) is 4.97. The third kappa shape index (κ3) is 2.32. The van der Waals surface area contributed by atoms with Crippen LogP contribution < -0.4 is 14.8 Å². The lowest BCUT2D eigenvalue weighted by Gasteiger charge is -2.17. The fourth-order valence-corrected chi connectivity index (χ4v) is 3.41. The third-order valence-corrected chi connectivity index (χ3v) is 4.46. The Balaban J connectivity index is 1.66. The summed E-state index contributed by atoms with van der Waals surface area (Å²) in [5.74, 6) is 1.15. The van der Waals surface area contributed by atoms with Crippen molar-refractivity contribution in [1.82, 2.24) is 9.97 Å². The van der Waals surface area contributed by atoms with E-state index in [1.165, 1.54) is 22.7 Å². The molecular weight excluding hydrogens is 310 g/mol. The number of nitrogens with zero attached hydrogens (tertiary/aromatic N) is 2. The van der Waals surface area contributed by atoms with E-state index in [4.69, 9.17) is 9.47 Å². The predicted molar refractivity (Wildman–Crippen MR) is 80.7 cm³/mol. The maximum absolute atomic E-state index is 12.0. The second-order valence-corrected chi connectivity index (χ2v) is 6.06. The number of rotatable bonds is 2. The Morgan fingerprint density at radius 3 is 2.81 bits per heavy atom. The van der Waals surface area contributed by atoms with Gasteiger partial charge < -0.3 is 9.47 Å². The molecule has 0 aliphatic carbocycles. The molecule has 1 amide bonds. The van der Waals surface area contributed by atoms with Crippen LogP contribution >= 0.6 is 22.7 Å². The minimum absolute atomic E-state index is 0.257. The zero-order valence-corrected chi connectivity index (χ0v) is 12.3. The normalized spacial score (nSPS) is 13.3. The predicted octanol–water partition coefficient (Wildman–Crippen LogP) is 2.78. The Labute approximate surface area is 127 Å². The first kappa shape index (κ1) is 12.5. The monoisotopic (exact) mass is 319 g/mol. The highest BCUT2D eigenvalue weighted by Crippen LogP contribution is 2.37. The molecule has 21 heavy (non-hydrogen) atoms. The number of hydrogen-bond acceptors (Lipinski definition) is 7. The van der Waals surface area contributed by atoms with Crippen molar-refractivity contribution in [2.45, 2.75) is 0 Å². The van der Waals surface area contributed by atoms with Gasteiger partial charge in [-0.05, 0) is 0 Å². The summed E-state index contributed by atoms with van der Waals surface area (Å²) < 4.78 is 12.0. The first-order chi connectivity index (χ1) is 10.3. The maximum atomic E-state index is 12.0. The van der Waals surface area contributed by atoms with E-state index >= 15 is 0 Å². The van der Waals surface area contributed by atoms with Gasteiger partial charge in [0.1, 0.15) is 18.9 Å². The van der Waals surface area contributed by atoms with Gasteiger partial charge in [-0.25, -0.2) is 9.97 Å². The summed E-state index contributed by atoms with van der Waals surface area (Å²) in [4.78, 5) is 20.3. The summed E-state index contributed by atoms with van der Waals surface area (Å²) in [6.07, 6.45) is 0. The lowest BCUT2D eigenvalue weighted by molar-refractivity contribution is 0.102. The number of anilines is 1. The number of benzene rings is 1. The van der Waals surface area contributed by atoms with Crippen molar-refractivity contribution in [3.8, 4) is 11.5 Å². The van der Waals surface area contributed by atoms with E-state index < -0.39 is 0 Å². The average Bonchev–Trinajstić information content (AvgIpc) is 3.13. The van der Waals surface area contributed by atoms with Crippen molar-refractivity contribution in [2.24, 2.45) is 0 Å². The van der Waals surface area contributed by atoms with Crippen molar-refractivity contribution in [1.29, 1.82) is 0 Å². The summed E-state index contributed by atoms with van der Waals surface area (Å²) >= 11 is 2.77. The van der Waals surface area contributed by atoms with Crippen molar-refractivity contribution in [3.63, 3.8) is 0 Å². The minimum Gasteiger partial charge on any atom is -0.486 e. The van der Waals surface area contributed by atoms with Crippen molar-refractivity contribution in [3.05, 3.63) is 28.7 Å². The van der Waals surface area contributed by atoms with Crippen LogP contribution in [-0.2, 0) is 0 Å². The standard InChI is InChI=1S/C13H9N3O3S2/c17-12(8-5-20-6-14-8)16-13-15-7-3-9-10(4-11(7)21-13)19-2-1-18-9/h3-6H,1-2H2,(H,15,16,17). The molecule has 0 atom stereocenters. The van der Waals surface area contributed by atoms with Crippen molar-refractivity contribution in [2.75, 3.05) is 18.5 Å². The Morgan fingerprint density at radius 2 is 2.05 bits per heavy atom. The Morgan fingerprint density at radius 1 is 1.24 bits per heavy atom. The molecule has 4 rings (SSSR count). The molecule has 3 heterocycles. The number of amides is 1. The zero-order valence-electron chi connectivity index (χ0n) is 10.7. The quantitative estimate of drug-likeness (QED) is 0.786. The molecular formula is C13H9N3O3S2. The second-order valence-electron chi connectivity index (χ2n) is 4.31. The summed E-state index contributed by atoms with van der Waals surface area (Å²) in [6.45, 7) is 1.08. The van der Waals surface area contributed by atoms with E-state index in [0.717, 1.165) is 16.0 Å². The number of ether oxygens (including phenoxy) is 2. The maximum Gasteiger partial charge on any atom is 0.276 e. The van der Waals surface area contributed by atoms with Gasteiger partial charge in [0.2, 0.25) is 0 Å². The summed E-state index contributed by atoms with van der Waals surface area (Å²) in [5, 5.41) is 4.99. The van der Waals surface area contributed by atoms with E-state index in [2.05, 4.69) is 15.3 Å². The molecule has 0 saturated heterocycles. The molecule has 1 aliphatic heterocycles. The van der Waals surface area contributed by atoms with Gasteiger partial charge in [0, 0.05) is 17.5 Å². The summed E-state index contributed by atoms with van der Waals surface area (Å²) in [6, 6.07) is 3.72. The lowest BCUT2D eigenvalue weighted by atomic mass is 10.3. The fraction of sp³-hybridized carbons (Fsp3) is 0.154. The number of thiazole rings is 2. The summed E-state index contributed by atoms with van der Waals surface area (Å²) in [7, 11) is 0. The van der Waals surface area contributed by atoms with Crippen LogP contribution in [-0.4, -0.2) is 29.1 Å². The van der Waals surface area contributed by atoms with Gasteiger partial charge in [0.15, 0.2) is 16.6 Å². The minimum atomic E-state index is -0.257. The number of carbonyl (C=O) groups is 1. The van der Waals surface area contributed by atoms with E-state index in [9.17, 15) is 4.79 Å². The van der Waals surface area contributed by atoms with Gasteiger partial charge in [-0.1, -0.05) is 11.3 Å². The lowest BCUT2D eigenvalue weighted by Crippen LogP contribution is -2.15.